The average Bonchev–Trinajstić information content (AvgIpc) is 2.42. The summed E-state index contributed by atoms with van der Waals surface area (Å²) in [6.07, 6.45) is 1.18. The minimum Gasteiger partial charge on any atom is -0.486 e. The molecule has 0 radical (unpaired) electrons. The van der Waals surface area contributed by atoms with E-state index in [-0.39, 0.29) is 0 Å². The van der Waals surface area contributed by atoms with Crippen molar-refractivity contribution >= 4 is 11.8 Å². The van der Waals surface area contributed by atoms with Crippen LogP contribution < -0.4 is 14.8 Å². The number of thioether (sulfide) groups is 1. The average molecular weight is 267 g/mol. The van der Waals surface area contributed by atoms with Crippen molar-refractivity contribution in [2.75, 3.05) is 25.5 Å². The van der Waals surface area contributed by atoms with Crippen molar-refractivity contribution in [2.45, 2.75) is 31.2 Å². The van der Waals surface area contributed by atoms with E-state index in [0.717, 1.165) is 23.8 Å². The largest absolute Gasteiger partial charge is 0.486 e. The topological polar surface area (TPSA) is 30.5 Å². The van der Waals surface area contributed by atoms with E-state index in [0.29, 0.717) is 19.3 Å². The zero-order chi connectivity index (χ0) is 12.8. The van der Waals surface area contributed by atoms with Crippen LogP contribution in [0, 0.1) is 0 Å². The highest BCUT2D eigenvalue weighted by atomic mass is 32.2. The molecule has 0 saturated carbocycles. The Morgan fingerprint density at radius 3 is 2.83 bits per heavy atom. The number of ether oxygens (including phenoxy) is 2. The van der Waals surface area contributed by atoms with Crippen LogP contribution >= 0.6 is 11.8 Å². The molecule has 100 valence electrons. The van der Waals surface area contributed by atoms with E-state index in [2.05, 4.69) is 31.3 Å². The summed E-state index contributed by atoms with van der Waals surface area (Å²) in [4.78, 5) is 1.24. The Labute approximate surface area is 113 Å². The maximum atomic E-state index is 5.58. The van der Waals surface area contributed by atoms with Gasteiger partial charge in [-0.25, -0.2) is 0 Å². The third kappa shape index (κ3) is 3.82. The predicted molar refractivity (Wildman–Crippen MR) is 75.9 cm³/mol. The fourth-order valence-corrected chi connectivity index (χ4v) is 2.70. The molecule has 1 aliphatic rings. The van der Waals surface area contributed by atoms with Gasteiger partial charge in [0.2, 0.25) is 0 Å². The van der Waals surface area contributed by atoms with Gasteiger partial charge < -0.3 is 14.8 Å². The first-order valence-electron chi connectivity index (χ1n) is 6.55. The first kappa shape index (κ1) is 13.6. The molecule has 1 aromatic rings. The molecule has 0 amide bonds. The van der Waals surface area contributed by atoms with E-state index in [9.17, 15) is 0 Å². The SMILES string of the molecule is CCCNC(C)CSc1ccc2c(c1)OCCO2. The molecule has 0 bridgehead atoms. The van der Waals surface area contributed by atoms with Crippen LogP contribution in [0.25, 0.3) is 0 Å². The van der Waals surface area contributed by atoms with Gasteiger partial charge in [0, 0.05) is 16.7 Å². The van der Waals surface area contributed by atoms with E-state index in [4.69, 9.17) is 9.47 Å². The molecule has 1 aromatic carbocycles. The van der Waals surface area contributed by atoms with Crippen LogP contribution in [0.15, 0.2) is 23.1 Å². The number of rotatable bonds is 6. The van der Waals surface area contributed by atoms with E-state index < -0.39 is 0 Å². The normalized spacial score (nSPS) is 15.4. The Balaban J connectivity index is 1.86. The molecule has 18 heavy (non-hydrogen) atoms. The van der Waals surface area contributed by atoms with Gasteiger partial charge in [-0.1, -0.05) is 6.92 Å². The monoisotopic (exact) mass is 267 g/mol. The van der Waals surface area contributed by atoms with Crippen LogP contribution in [0.2, 0.25) is 0 Å². The minimum atomic E-state index is 0.531. The number of hydrogen-bond acceptors (Lipinski definition) is 4. The molecular formula is C14H21NO2S. The van der Waals surface area contributed by atoms with Crippen LogP contribution in [-0.2, 0) is 0 Å². The molecule has 1 N–H and O–H groups in total. The summed E-state index contributed by atoms with van der Waals surface area (Å²) in [6.45, 7) is 6.80. The second-order valence-corrected chi connectivity index (χ2v) is 5.57. The molecule has 1 aliphatic heterocycles. The molecule has 1 heterocycles. The fraction of sp³-hybridized carbons (Fsp3) is 0.571. The van der Waals surface area contributed by atoms with Gasteiger partial charge in [0.25, 0.3) is 0 Å². The summed E-state index contributed by atoms with van der Waals surface area (Å²) in [7, 11) is 0. The van der Waals surface area contributed by atoms with Gasteiger partial charge in [-0.15, -0.1) is 11.8 Å². The lowest BCUT2D eigenvalue weighted by Gasteiger charge is -2.19. The summed E-state index contributed by atoms with van der Waals surface area (Å²) in [5.74, 6) is 2.81. The highest BCUT2D eigenvalue weighted by Gasteiger charge is 2.12. The molecule has 1 atom stereocenters. The smallest absolute Gasteiger partial charge is 0.162 e. The highest BCUT2D eigenvalue weighted by molar-refractivity contribution is 7.99. The molecule has 0 aliphatic carbocycles. The summed E-state index contributed by atoms with van der Waals surface area (Å²) in [6, 6.07) is 6.71. The zero-order valence-corrected chi connectivity index (χ0v) is 11.9. The van der Waals surface area contributed by atoms with E-state index in [1.165, 1.54) is 11.3 Å². The highest BCUT2D eigenvalue weighted by Crippen LogP contribution is 2.34. The first-order valence-corrected chi connectivity index (χ1v) is 7.54. The maximum Gasteiger partial charge on any atom is 0.162 e. The van der Waals surface area contributed by atoms with Crippen LogP contribution in [0.1, 0.15) is 20.3 Å². The predicted octanol–water partition coefficient (Wildman–Crippen LogP) is 2.94. The zero-order valence-electron chi connectivity index (χ0n) is 11.1. The van der Waals surface area contributed by atoms with Gasteiger partial charge in [-0.05, 0) is 38.1 Å². The Morgan fingerprint density at radius 2 is 2.06 bits per heavy atom. The Morgan fingerprint density at radius 1 is 1.28 bits per heavy atom. The van der Waals surface area contributed by atoms with Gasteiger partial charge in [0.05, 0.1) is 0 Å². The van der Waals surface area contributed by atoms with E-state index in [1.54, 1.807) is 0 Å². The molecule has 1 unspecified atom stereocenters. The minimum absolute atomic E-state index is 0.531. The summed E-state index contributed by atoms with van der Waals surface area (Å²) in [5.41, 5.74) is 0. The van der Waals surface area contributed by atoms with Gasteiger partial charge >= 0.3 is 0 Å². The Hall–Kier alpha value is -0.870. The molecule has 0 fully saturated rings. The molecular weight excluding hydrogens is 246 g/mol. The van der Waals surface area contributed by atoms with Gasteiger partial charge in [0.15, 0.2) is 11.5 Å². The number of fused-ring (bicyclic) bond motifs is 1. The molecule has 0 saturated heterocycles. The van der Waals surface area contributed by atoms with Crippen molar-refractivity contribution in [3.8, 4) is 11.5 Å². The number of hydrogen-bond donors (Lipinski definition) is 1. The quantitative estimate of drug-likeness (QED) is 0.803. The second kappa shape index (κ2) is 6.90. The second-order valence-electron chi connectivity index (χ2n) is 4.47. The lowest BCUT2D eigenvalue weighted by molar-refractivity contribution is 0.171. The first-order chi connectivity index (χ1) is 8.79. The van der Waals surface area contributed by atoms with Crippen LogP contribution in [0.3, 0.4) is 0 Å². The molecule has 2 rings (SSSR count). The van der Waals surface area contributed by atoms with Gasteiger partial charge in [0.1, 0.15) is 13.2 Å². The van der Waals surface area contributed by atoms with Crippen molar-refractivity contribution in [1.29, 1.82) is 0 Å². The van der Waals surface area contributed by atoms with Crippen LogP contribution in [-0.4, -0.2) is 31.6 Å². The summed E-state index contributed by atoms with van der Waals surface area (Å²) < 4.78 is 11.1. The molecule has 0 aromatic heterocycles. The lowest BCUT2D eigenvalue weighted by atomic mass is 10.3. The maximum absolute atomic E-state index is 5.58. The third-order valence-corrected chi connectivity index (χ3v) is 4.01. The number of benzene rings is 1. The fourth-order valence-electron chi connectivity index (χ4n) is 1.78. The van der Waals surface area contributed by atoms with Gasteiger partial charge in [-0.2, -0.15) is 0 Å². The van der Waals surface area contributed by atoms with Crippen molar-refractivity contribution < 1.29 is 9.47 Å². The van der Waals surface area contributed by atoms with E-state index in [1.807, 2.05) is 17.8 Å². The molecule has 0 spiro atoms. The molecule has 4 heteroatoms. The summed E-state index contributed by atoms with van der Waals surface area (Å²) >= 11 is 1.85. The van der Waals surface area contributed by atoms with Crippen LogP contribution in [0.4, 0.5) is 0 Å². The third-order valence-electron chi connectivity index (χ3n) is 2.76. The van der Waals surface area contributed by atoms with Gasteiger partial charge in [-0.3, -0.25) is 0 Å². The van der Waals surface area contributed by atoms with Crippen molar-refractivity contribution in [2.24, 2.45) is 0 Å². The summed E-state index contributed by atoms with van der Waals surface area (Å²) in [5, 5.41) is 3.49. The van der Waals surface area contributed by atoms with E-state index >= 15 is 0 Å². The number of nitrogens with one attached hydrogen (secondary N) is 1. The standard InChI is InChI=1S/C14H21NO2S/c1-3-6-15-11(2)10-18-12-4-5-13-14(9-12)17-8-7-16-13/h4-5,9,11,15H,3,6-8,10H2,1-2H3. The Kier molecular flexibility index (Phi) is 5.20. The van der Waals surface area contributed by atoms with Crippen molar-refractivity contribution in [1.82, 2.24) is 5.32 Å². The van der Waals surface area contributed by atoms with Crippen molar-refractivity contribution in [3.05, 3.63) is 18.2 Å². The molecule has 3 nitrogen and oxygen atoms in total. The van der Waals surface area contributed by atoms with Crippen molar-refractivity contribution in [3.63, 3.8) is 0 Å². The van der Waals surface area contributed by atoms with Crippen LogP contribution in [0.5, 0.6) is 11.5 Å². The Bertz CT molecular complexity index is 384. The lowest BCUT2D eigenvalue weighted by Crippen LogP contribution is -2.28.